The van der Waals surface area contributed by atoms with Gasteiger partial charge in [0.25, 0.3) is 5.69 Å². The molecule has 1 atom stereocenters. The highest BCUT2D eigenvalue weighted by molar-refractivity contribution is 5.39. The topological polar surface area (TPSA) is 55.2 Å². The summed E-state index contributed by atoms with van der Waals surface area (Å²) in [6.07, 6.45) is 0. The second-order valence-electron chi connectivity index (χ2n) is 4.54. The molecule has 2 rings (SSSR count). The molecular formula is C15H15FN2O2. The first-order valence-electron chi connectivity index (χ1n) is 6.29. The van der Waals surface area contributed by atoms with Gasteiger partial charge in [-0.25, -0.2) is 4.39 Å². The minimum Gasteiger partial charge on any atom is -0.306 e. The summed E-state index contributed by atoms with van der Waals surface area (Å²) in [7, 11) is 0. The number of nitrogens with one attached hydrogen (secondary N) is 1. The Labute approximate surface area is 116 Å². The fourth-order valence-electron chi connectivity index (χ4n) is 2.00. The van der Waals surface area contributed by atoms with E-state index in [2.05, 4.69) is 5.32 Å². The number of nitro benzene ring substituents is 1. The van der Waals surface area contributed by atoms with Crippen LogP contribution in [-0.2, 0) is 6.54 Å². The van der Waals surface area contributed by atoms with Gasteiger partial charge in [-0.2, -0.15) is 0 Å². The summed E-state index contributed by atoms with van der Waals surface area (Å²) in [5, 5.41) is 14.1. The highest BCUT2D eigenvalue weighted by atomic mass is 19.1. The Kier molecular flexibility index (Phi) is 4.42. The molecule has 0 saturated heterocycles. The largest absolute Gasteiger partial charge is 0.306 e. The van der Waals surface area contributed by atoms with Crippen LogP contribution in [0, 0.1) is 15.9 Å². The molecule has 0 radical (unpaired) electrons. The summed E-state index contributed by atoms with van der Waals surface area (Å²) in [6, 6.07) is 12.8. The zero-order chi connectivity index (χ0) is 14.5. The van der Waals surface area contributed by atoms with Crippen molar-refractivity contribution in [3.8, 4) is 0 Å². The predicted octanol–water partition coefficient (Wildman–Crippen LogP) is 3.58. The minimum absolute atomic E-state index is 0.0893. The second kappa shape index (κ2) is 6.25. The average Bonchev–Trinajstić information content (AvgIpc) is 2.45. The number of hydrogen-bond donors (Lipinski definition) is 1. The van der Waals surface area contributed by atoms with E-state index in [1.54, 1.807) is 24.3 Å². The molecule has 0 fully saturated rings. The first-order chi connectivity index (χ1) is 9.58. The molecule has 0 saturated carbocycles. The second-order valence-corrected chi connectivity index (χ2v) is 4.54. The maximum absolute atomic E-state index is 13.1. The van der Waals surface area contributed by atoms with E-state index >= 15 is 0 Å². The number of hydrogen-bond acceptors (Lipinski definition) is 3. The normalized spacial score (nSPS) is 12.1. The van der Waals surface area contributed by atoms with E-state index in [4.69, 9.17) is 0 Å². The molecule has 0 aliphatic heterocycles. The third-order valence-electron chi connectivity index (χ3n) is 3.14. The zero-order valence-corrected chi connectivity index (χ0v) is 11.0. The van der Waals surface area contributed by atoms with Crippen LogP contribution < -0.4 is 5.32 Å². The van der Waals surface area contributed by atoms with E-state index in [0.717, 1.165) is 5.56 Å². The monoisotopic (exact) mass is 274 g/mol. The van der Waals surface area contributed by atoms with Crippen LogP contribution in [0.5, 0.6) is 0 Å². The van der Waals surface area contributed by atoms with Gasteiger partial charge in [0.1, 0.15) is 5.82 Å². The summed E-state index contributed by atoms with van der Waals surface area (Å²) in [5.41, 5.74) is 1.51. The lowest BCUT2D eigenvalue weighted by atomic mass is 10.1. The van der Waals surface area contributed by atoms with Crippen LogP contribution in [-0.4, -0.2) is 4.92 Å². The van der Waals surface area contributed by atoms with Crippen LogP contribution >= 0.6 is 0 Å². The molecule has 1 N–H and O–H groups in total. The van der Waals surface area contributed by atoms with Crippen molar-refractivity contribution in [3.05, 3.63) is 75.6 Å². The Morgan fingerprint density at radius 1 is 1.25 bits per heavy atom. The number of rotatable bonds is 5. The fraction of sp³-hybridized carbons (Fsp3) is 0.200. The Hall–Kier alpha value is -2.27. The van der Waals surface area contributed by atoms with Gasteiger partial charge in [-0.05, 0) is 24.6 Å². The summed E-state index contributed by atoms with van der Waals surface area (Å²) in [6.45, 7) is 2.25. The van der Waals surface area contributed by atoms with Crippen LogP contribution in [0.25, 0.3) is 0 Å². The molecule has 0 aliphatic carbocycles. The summed E-state index contributed by atoms with van der Waals surface area (Å²) >= 11 is 0. The first-order valence-corrected chi connectivity index (χ1v) is 6.29. The van der Waals surface area contributed by atoms with Crippen LogP contribution in [0.1, 0.15) is 24.1 Å². The molecule has 1 unspecified atom stereocenters. The molecular weight excluding hydrogens is 259 g/mol. The third kappa shape index (κ3) is 3.39. The van der Waals surface area contributed by atoms with Gasteiger partial charge >= 0.3 is 0 Å². The van der Waals surface area contributed by atoms with Gasteiger partial charge in [-0.3, -0.25) is 10.1 Å². The maximum Gasteiger partial charge on any atom is 0.273 e. The van der Waals surface area contributed by atoms with Crippen molar-refractivity contribution in [3.63, 3.8) is 0 Å². The molecule has 2 aromatic carbocycles. The molecule has 0 bridgehead atoms. The summed E-state index contributed by atoms with van der Waals surface area (Å²) in [4.78, 5) is 10.5. The minimum atomic E-state index is -0.399. The molecule has 4 nitrogen and oxygen atoms in total. The van der Waals surface area contributed by atoms with Crippen molar-refractivity contribution in [2.45, 2.75) is 19.5 Å². The van der Waals surface area contributed by atoms with Gasteiger partial charge in [0, 0.05) is 24.2 Å². The van der Waals surface area contributed by atoms with Crippen molar-refractivity contribution in [2.75, 3.05) is 0 Å². The molecule has 0 amide bonds. The molecule has 5 heteroatoms. The number of nitro groups is 1. The first kappa shape index (κ1) is 14.1. The van der Waals surface area contributed by atoms with Crippen molar-refractivity contribution in [1.29, 1.82) is 0 Å². The number of benzene rings is 2. The standard InChI is InChI=1S/C15H15FN2O2/c1-11(12-6-4-7-14(16)9-12)17-10-13-5-2-3-8-15(13)18(19)20/h2-9,11,17H,10H2,1H3. The SMILES string of the molecule is CC(NCc1ccccc1[N+](=O)[O-])c1cccc(F)c1. The smallest absolute Gasteiger partial charge is 0.273 e. The number of para-hydroxylation sites is 1. The highest BCUT2D eigenvalue weighted by Crippen LogP contribution is 2.19. The molecule has 0 heterocycles. The highest BCUT2D eigenvalue weighted by Gasteiger charge is 2.13. The quantitative estimate of drug-likeness (QED) is 0.669. The molecule has 0 aliphatic rings. The van der Waals surface area contributed by atoms with Gasteiger partial charge in [-0.1, -0.05) is 30.3 Å². The van der Waals surface area contributed by atoms with E-state index in [0.29, 0.717) is 12.1 Å². The lowest BCUT2D eigenvalue weighted by Crippen LogP contribution is -2.18. The van der Waals surface area contributed by atoms with Gasteiger partial charge in [-0.15, -0.1) is 0 Å². The number of nitrogens with zero attached hydrogens (tertiary/aromatic N) is 1. The van der Waals surface area contributed by atoms with Crippen molar-refractivity contribution >= 4 is 5.69 Å². The van der Waals surface area contributed by atoms with Crippen molar-refractivity contribution in [1.82, 2.24) is 5.32 Å². The third-order valence-corrected chi connectivity index (χ3v) is 3.14. The van der Waals surface area contributed by atoms with E-state index in [-0.39, 0.29) is 17.5 Å². The van der Waals surface area contributed by atoms with Crippen molar-refractivity contribution < 1.29 is 9.31 Å². The number of halogens is 1. The van der Waals surface area contributed by atoms with Gasteiger partial charge in [0.2, 0.25) is 0 Å². The molecule has 104 valence electrons. The van der Waals surface area contributed by atoms with E-state index < -0.39 is 4.92 Å². The Morgan fingerprint density at radius 3 is 2.70 bits per heavy atom. The van der Waals surface area contributed by atoms with Crippen LogP contribution in [0.3, 0.4) is 0 Å². The van der Waals surface area contributed by atoms with Crippen molar-refractivity contribution in [2.24, 2.45) is 0 Å². The lowest BCUT2D eigenvalue weighted by Gasteiger charge is -2.14. The summed E-state index contributed by atoms with van der Waals surface area (Å²) in [5.74, 6) is -0.290. The fourth-order valence-corrected chi connectivity index (χ4v) is 2.00. The zero-order valence-electron chi connectivity index (χ0n) is 11.0. The van der Waals surface area contributed by atoms with Crippen LogP contribution in [0.15, 0.2) is 48.5 Å². The van der Waals surface area contributed by atoms with Gasteiger partial charge in [0.05, 0.1) is 4.92 Å². The average molecular weight is 274 g/mol. The summed E-state index contributed by atoms with van der Waals surface area (Å²) < 4.78 is 13.1. The lowest BCUT2D eigenvalue weighted by molar-refractivity contribution is -0.385. The Bertz CT molecular complexity index is 616. The predicted molar refractivity (Wildman–Crippen MR) is 74.8 cm³/mol. The van der Waals surface area contributed by atoms with Gasteiger partial charge < -0.3 is 5.32 Å². The molecule has 0 aromatic heterocycles. The van der Waals surface area contributed by atoms with Crippen LogP contribution in [0.4, 0.5) is 10.1 Å². The molecule has 2 aromatic rings. The van der Waals surface area contributed by atoms with E-state index in [9.17, 15) is 14.5 Å². The molecule has 20 heavy (non-hydrogen) atoms. The van der Waals surface area contributed by atoms with Gasteiger partial charge in [0.15, 0.2) is 0 Å². The van der Waals surface area contributed by atoms with Crippen LogP contribution in [0.2, 0.25) is 0 Å². The Balaban J connectivity index is 2.07. The van der Waals surface area contributed by atoms with E-state index in [1.165, 1.54) is 18.2 Å². The molecule has 0 spiro atoms. The Morgan fingerprint density at radius 2 is 2.00 bits per heavy atom. The van der Waals surface area contributed by atoms with E-state index in [1.807, 2.05) is 13.0 Å². The maximum atomic E-state index is 13.1.